The molecule has 1 aliphatic heterocycles. The Morgan fingerprint density at radius 2 is 1.94 bits per heavy atom. The van der Waals surface area contributed by atoms with Gasteiger partial charge >= 0.3 is 17.8 Å². The predicted molar refractivity (Wildman–Crippen MR) is 55.2 cm³/mol. The summed E-state index contributed by atoms with van der Waals surface area (Å²) in [6.45, 7) is 0.444. The van der Waals surface area contributed by atoms with Crippen LogP contribution in [0.15, 0.2) is 0 Å². The molecule has 2 atom stereocenters. The molecule has 2 unspecified atom stereocenters. The lowest BCUT2D eigenvalue weighted by Crippen LogP contribution is -2.44. The molecule has 1 aliphatic carbocycles. The molecule has 6 nitrogen and oxygen atoms in total. The third kappa shape index (κ3) is 1.41. The van der Waals surface area contributed by atoms with Gasteiger partial charge in [-0.1, -0.05) is 6.42 Å². The Labute approximate surface area is 93.4 Å². The van der Waals surface area contributed by atoms with Gasteiger partial charge < -0.3 is 5.73 Å². The molecule has 0 aromatic heterocycles. The van der Waals surface area contributed by atoms with Gasteiger partial charge in [-0.2, -0.15) is 0 Å². The van der Waals surface area contributed by atoms with Gasteiger partial charge in [-0.15, -0.1) is 0 Å². The molecule has 4 amide bonds. The lowest BCUT2D eigenvalue weighted by atomic mass is 10.0. The highest BCUT2D eigenvalue weighted by Crippen LogP contribution is 2.31. The van der Waals surface area contributed by atoms with Crippen molar-refractivity contribution in [3.63, 3.8) is 0 Å². The van der Waals surface area contributed by atoms with E-state index in [-0.39, 0.29) is 12.0 Å². The minimum Gasteiger partial charge on any atom is -0.330 e. The van der Waals surface area contributed by atoms with E-state index < -0.39 is 17.8 Å². The van der Waals surface area contributed by atoms with E-state index in [4.69, 9.17) is 5.73 Å². The number of hydrogen-bond donors (Lipinski definition) is 1. The molecule has 16 heavy (non-hydrogen) atoms. The molecule has 0 spiro atoms. The first-order chi connectivity index (χ1) is 7.57. The summed E-state index contributed by atoms with van der Waals surface area (Å²) in [6.07, 6.45) is 2.61. The zero-order chi connectivity index (χ0) is 11.9. The average molecular weight is 225 g/mol. The molecule has 88 valence electrons. The van der Waals surface area contributed by atoms with Gasteiger partial charge in [-0.25, -0.2) is 4.79 Å². The smallest absolute Gasteiger partial charge is 0.330 e. The monoisotopic (exact) mass is 225 g/mol. The highest BCUT2D eigenvalue weighted by Gasteiger charge is 2.48. The van der Waals surface area contributed by atoms with Gasteiger partial charge in [0.05, 0.1) is 0 Å². The normalized spacial score (nSPS) is 30.8. The number of rotatable bonds is 2. The number of hydrogen-bond acceptors (Lipinski definition) is 4. The molecule has 1 saturated carbocycles. The van der Waals surface area contributed by atoms with Crippen LogP contribution in [0.1, 0.15) is 19.3 Å². The summed E-state index contributed by atoms with van der Waals surface area (Å²) in [5.74, 6) is -1.32. The van der Waals surface area contributed by atoms with E-state index in [1.54, 1.807) is 0 Å². The molecule has 2 N–H and O–H groups in total. The van der Waals surface area contributed by atoms with E-state index in [1.165, 1.54) is 7.05 Å². The first kappa shape index (κ1) is 11.1. The quantitative estimate of drug-likeness (QED) is 0.509. The van der Waals surface area contributed by atoms with Crippen LogP contribution in [0.2, 0.25) is 0 Å². The molecule has 6 heteroatoms. The van der Waals surface area contributed by atoms with Crippen LogP contribution in [0.25, 0.3) is 0 Å². The Kier molecular flexibility index (Phi) is 2.67. The molecule has 1 saturated heterocycles. The Balaban J connectivity index is 2.24. The number of imide groups is 2. The maximum absolute atomic E-state index is 11.7. The van der Waals surface area contributed by atoms with Crippen molar-refractivity contribution in [2.45, 2.75) is 25.3 Å². The van der Waals surface area contributed by atoms with E-state index in [0.717, 1.165) is 29.1 Å². The van der Waals surface area contributed by atoms with Crippen LogP contribution in [-0.4, -0.2) is 47.3 Å². The Hall–Kier alpha value is -1.43. The maximum atomic E-state index is 11.7. The molecule has 0 aromatic rings. The lowest BCUT2D eigenvalue weighted by molar-refractivity contribution is -0.143. The zero-order valence-electron chi connectivity index (χ0n) is 9.18. The van der Waals surface area contributed by atoms with Crippen molar-refractivity contribution in [2.24, 2.45) is 11.7 Å². The van der Waals surface area contributed by atoms with Gasteiger partial charge in [-0.3, -0.25) is 19.4 Å². The summed E-state index contributed by atoms with van der Waals surface area (Å²) in [5.41, 5.74) is 5.60. The van der Waals surface area contributed by atoms with Crippen LogP contribution in [0, 0.1) is 5.92 Å². The van der Waals surface area contributed by atoms with Crippen LogP contribution < -0.4 is 5.73 Å². The minimum absolute atomic E-state index is 0.132. The standard InChI is InChI=1S/C10H15N3O3/c1-12-8(14)9(15)13(10(12)16)7-4-2-3-6(7)5-11/h6-7H,2-5,11H2,1H3. The molecule has 2 rings (SSSR count). The molecule has 2 aliphatic rings. The number of amides is 4. The second kappa shape index (κ2) is 3.86. The average Bonchev–Trinajstić information content (AvgIpc) is 2.80. The number of urea groups is 1. The van der Waals surface area contributed by atoms with Gasteiger partial charge in [0.2, 0.25) is 0 Å². The van der Waals surface area contributed by atoms with Crippen LogP contribution in [0.4, 0.5) is 4.79 Å². The van der Waals surface area contributed by atoms with E-state index >= 15 is 0 Å². The predicted octanol–water partition coefficient (Wildman–Crippen LogP) is -0.466. The van der Waals surface area contributed by atoms with E-state index in [0.29, 0.717) is 6.54 Å². The largest absolute Gasteiger partial charge is 0.334 e. The molecule has 0 bridgehead atoms. The molecule has 0 aromatic carbocycles. The topological polar surface area (TPSA) is 83.7 Å². The van der Waals surface area contributed by atoms with Gasteiger partial charge in [0.25, 0.3) is 0 Å². The minimum atomic E-state index is -0.743. The van der Waals surface area contributed by atoms with Crippen molar-refractivity contribution in [3.8, 4) is 0 Å². The fraction of sp³-hybridized carbons (Fsp3) is 0.700. The van der Waals surface area contributed by atoms with Crippen molar-refractivity contribution in [1.29, 1.82) is 0 Å². The Bertz CT molecular complexity index is 355. The van der Waals surface area contributed by atoms with Gasteiger partial charge in [-0.05, 0) is 25.3 Å². The van der Waals surface area contributed by atoms with Crippen molar-refractivity contribution >= 4 is 17.8 Å². The number of nitrogens with two attached hydrogens (primary N) is 1. The summed E-state index contributed by atoms with van der Waals surface area (Å²) in [7, 11) is 1.33. The van der Waals surface area contributed by atoms with Crippen molar-refractivity contribution in [3.05, 3.63) is 0 Å². The van der Waals surface area contributed by atoms with Crippen LogP contribution >= 0.6 is 0 Å². The first-order valence-corrected chi connectivity index (χ1v) is 5.43. The van der Waals surface area contributed by atoms with Gasteiger partial charge in [0, 0.05) is 13.1 Å². The second-order valence-corrected chi connectivity index (χ2v) is 4.32. The summed E-state index contributed by atoms with van der Waals surface area (Å²) < 4.78 is 0. The summed E-state index contributed by atoms with van der Waals surface area (Å²) in [4.78, 5) is 36.7. The van der Waals surface area contributed by atoms with Crippen molar-refractivity contribution in [1.82, 2.24) is 9.80 Å². The molecule has 1 heterocycles. The fourth-order valence-electron chi connectivity index (χ4n) is 2.51. The third-order valence-corrected chi connectivity index (χ3v) is 3.45. The van der Waals surface area contributed by atoms with Crippen molar-refractivity contribution in [2.75, 3.05) is 13.6 Å². The zero-order valence-corrected chi connectivity index (χ0v) is 9.18. The SMILES string of the molecule is CN1C(=O)C(=O)N(C2CCCC2CN)C1=O. The number of nitrogens with zero attached hydrogens (tertiary/aromatic N) is 2. The molecular formula is C10H15N3O3. The summed E-state index contributed by atoms with van der Waals surface area (Å²) >= 11 is 0. The molecular weight excluding hydrogens is 210 g/mol. The van der Waals surface area contributed by atoms with Crippen LogP contribution in [0.5, 0.6) is 0 Å². The van der Waals surface area contributed by atoms with E-state index in [1.807, 2.05) is 0 Å². The summed E-state index contributed by atoms with van der Waals surface area (Å²) in [6, 6.07) is -0.709. The number of likely N-dealkylation sites (N-methyl/N-ethyl adjacent to an activating group) is 1. The summed E-state index contributed by atoms with van der Waals surface area (Å²) in [5, 5.41) is 0. The van der Waals surface area contributed by atoms with E-state index in [2.05, 4.69) is 0 Å². The highest BCUT2D eigenvalue weighted by atomic mass is 16.2. The lowest BCUT2D eigenvalue weighted by Gasteiger charge is -2.25. The van der Waals surface area contributed by atoms with Gasteiger partial charge in [0.15, 0.2) is 0 Å². The molecule has 2 fully saturated rings. The Morgan fingerprint density at radius 1 is 1.25 bits per heavy atom. The van der Waals surface area contributed by atoms with Crippen LogP contribution in [-0.2, 0) is 9.59 Å². The third-order valence-electron chi connectivity index (χ3n) is 3.45. The number of carbonyl (C=O) groups excluding carboxylic acids is 3. The maximum Gasteiger partial charge on any atom is 0.334 e. The number of carbonyl (C=O) groups is 3. The fourth-order valence-corrected chi connectivity index (χ4v) is 2.51. The van der Waals surface area contributed by atoms with Crippen molar-refractivity contribution < 1.29 is 14.4 Å². The second-order valence-electron chi connectivity index (χ2n) is 4.32. The van der Waals surface area contributed by atoms with Crippen LogP contribution in [0.3, 0.4) is 0 Å². The molecule has 0 radical (unpaired) electrons. The first-order valence-electron chi connectivity index (χ1n) is 5.43. The Morgan fingerprint density at radius 3 is 2.44 bits per heavy atom. The van der Waals surface area contributed by atoms with Gasteiger partial charge in [0.1, 0.15) is 0 Å². The van der Waals surface area contributed by atoms with E-state index in [9.17, 15) is 14.4 Å². The highest BCUT2D eigenvalue weighted by molar-refractivity contribution is 6.44.